The second-order valence-corrected chi connectivity index (χ2v) is 7.29. The average Bonchev–Trinajstić information content (AvgIpc) is 2.67. The van der Waals surface area contributed by atoms with Crippen LogP contribution in [0.15, 0.2) is 45.6 Å². The van der Waals surface area contributed by atoms with E-state index in [2.05, 4.69) is 10.6 Å². The van der Waals surface area contributed by atoms with Gasteiger partial charge in [-0.2, -0.15) is 0 Å². The molecule has 0 saturated carbocycles. The minimum Gasteiger partial charge on any atom is -0.484 e. The lowest BCUT2D eigenvalue weighted by molar-refractivity contribution is -0.125. The monoisotopic (exact) mass is 408 g/mol. The van der Waals surface area contributed by atoms with Gasteiger partial charge in [-0.1, -0.05) is 17.7 Å². The molecule has 0 bridgehead atoms. The van der Waals surface area contributed by atoms with E-state index in [1.54, 1.807) is 18.2 Å². The molecule has 0 aliphatic rings. The van der Waals surface area contributed by atoms with Gasteiger partial charge < -0.3 is 19.8 Å². The van der Waals surface area contributed by atoms with Crippen molar-refractivity contribution in [3.8, 4) is 5.75 Å². The molecule has 0 saturated heterocycles. The van der Waals surface area contributed by atoms with Crippen LogP contribution in [0.2, 0.25) is 0 Å². The number of amides is 2. The van der Waals surface area contributed by atoms with Crippen molar-refractivity contribution in [1.82, 2.24) is 5.32 Å². The van der Waals surface area contributed by atoms with Crippen molar-refractivity contribution in [2.75, 3.05) is 18.5 Å². The van der Waals surface area contributed by atoms with Gasteiger partial charge in [-0.05, 0) is 56.5 Å². The smallest absolute Gasteiger partial charge is 0.336 e. The minimum atomic E-state index is -0.444. The van der Waals surface area contributed by atoms with Crippen LogP contribution in [0.25, 0.3) is 11.0 Å². The van der Waals surface area contributed by atoms with Gasteiger partial charge in [0.25, 0.3) is 5.91 Å². The predicted octanol–water partition coefficient (Wildman–Crippen LogP) is 3.16. The van der Waals surface area contributed by atoms with E-state index in [-0.39, 0.29) is 19.1 Å². The van der Waals surface area contributed by atoms with E-state index in [1.165, 1.54) is 6.07 Å². The Balaban J connectivity index is 1.53. The van der Waals surface area contributed by atoms with Gasteiger partial charge in [0, 0.05) is 23.2 Å². The molecule has 0 unspecified atom stereocenters. The Hall–Kier alpha value is -3.61. The predicted molar refractivity (Wildman–Crippen MR) is 115 cm³/mol. The average molecular weight is 408 g/mol. The van der Waals surface area contributed by atoms with E-state index in [4.69, 9.17) is 9.15 Å². The fourth-order valence-electron chi connectivity index (χ4n) is 3.33. The molecule has 2 amide bonds. The Morgan fingerprint density at radius 3 is 2.33 bits per heavy atom. The van der Waals surface area contributed by atoms with Crippen LogP contribution in [0, 0.1) is 27.7 Å². The molecule has 0 spiro atoms. The van der Waals surface area contributed by atoms with Crippen molar-refractivity contribution in [1.29, 1.82) is 0 Å². The molecule has 30 heavy (non-hydrogen) atoms. The molecule has 0 aliphatic carbocycles. The van der Waals surface area contributed by atoms with E-state index in [1.807, 2.05) is 39.8 Å². The third kappa shape index (κ3) is 5.05. The summed E-state index contributed by atoms with van der Waals surface area (Å²) >= 11 is 0. The number of hydrogen-bond acceptors (Lipinski definition) is 5. The molecule has 2 N–H and O–H groups in total. The first kappa shape index (κ1) is 21.1. The summed E-state index contributed by atoms with van der Waals surface area (Å²) in [7, 11) is 0. The lowest BCUT2D eigenvalue weighted by Crippen LogP contribution is -2.36. The summed E-state index contributed by atoms with van der Waals surface area (Å²) in [6, 6.07) is 10.4. The third-order valence-electron chi connectivity index (χ3n) is 4.68. The molecule has 1 aromatic heterocycles. The standard InChI is InChI=1S/C23H24N2O5/c1-13-7-15(3)23(16(4)8-13)25-20(26)11-24-21(27)12-29-17-5-6-18-14(2)9-22(28)30-19(18)10-17/h5-10H,11-12H2,1-4H3,(H,24,27)(H,25,26). The molecule has 7 heteroatoms. The normalized spacial score (nSPS) is 10.7. The highest BCUT2D eigenvalue weighted by Gasteiger charge is 2.11. The highest BCUT2D eigenvalue weighted by atomic mass is 16.5. The molecule has 2 aromatic carbocycles. The Labute approximate surface area is 174 Å². The van der Waals surface area contributed by atoms with Crippen LogP contribution < -0.4 is 21.0 Å². The first-order valence-corrected chi connectivity index (χ1v) is 9.54. The van der Waals surface area contributed by atoms with E-state index in [9.17, 15) is 14.4 Å². The fraction of sp³-hybridized carbons (Fsp3) is 0.261. The SMILES string of the molecule is Cc1cc(C)c(NC(=O)CNC(=O)COc2ccc3c(C)cc(=O)oc3c2)c(C)c1. The molecule has 3 aromatic rings. The molecular formula is C23H24N2O5. The van der Waals surface area contributed by atoms with E-state index < -0.39 is 11.5 Å². The molecule has 0 aliphatic heterocycles. The first-order chi connectivity index (χ1) is 14.2. The molecule has 156 valence electrons. The number of aryl methyl sites for hydroxylation is 4. The van der Waals surface area contributed by atoms with Crippen molar-refractivity contribution < 1.29 is 18.7 Å². The van der Waals surface area contributed by atoms with Crippen LogP contribution in [0.4, 0.5) is 5.69 Å². The highest BCUT2D eigenvalue weighted by Crippen LogP contribution is 2.23. The van der Waals surface area contributed by atoms with Crippen LogP contribution in [0.3, 0.4) is 0 Å². The van der Waals surface area contributed by atoms with E-state index in [0.29, 0.717) is 11.3 Å². The largest absolute Gasteiger partial charge is 0.484 e. The fourth-order valence-corrected chi connectivity index (χ4v) is 3.33. The van der Waals surface area contributed by atoms with Gasteiger partial charge >= 0.3 is 5.63 Å². The maximum absolute atomic E-state index is 12.2. The number of carbonyl (C=O) groups is 2. The van der Waals surface area contributed by atoms with Gasteiger partial charge in [0.1, 0.15) is 11.3 Å². The van der Waals surface area contributed by atoms with Gasteiger partial charge in [0.15, 0.2) is 6.61 Å². The van der Waals surface area contributed by atoms with Crippen molar-refractivity contribution in [3.05, 3.63) is 69.1 Å². The van der Waals surface area contributed by atoms with Crippen LogP contribution >= 0.6 is 0 Å². The summed E-state index contributed by atoms with van der Waals surface area (Å²) in [5.41, 5.74) is 4.56. The lowest BCUT2D eigenvalue weighted by Gasteiger charge is -2.13. The molecule has 1 heterocycles. The molecule has 0 radical (unpaired) electrons. The van der Waals surface area contributed by atoms with Crippen molar-refractivity contribution >= 4 is 28.5 Å². The van der Waals surface area contributed by atoms with Gasteiger partial charge in [-0.25, -0.2) is 4.79 Å². The molecule has 3 rings (SSSR count). The summed E-state index contributed by atoms with van der Waals surface area (Å²) in [5.74, 6) is -0.364. The minimum absolute atomic E-state index is 0.166. The number of nitrogens with one attached hydrogen (secondary N) is 2. The molecule has 0 fully saturated rings. The Bertz CT molecular complexity index is 1160. The summed E-state index contributed by atoms with van der Waals surface area (Å²) in [4.78, 5) is 35.7. The van der Waals surface area contributed by atoms with E-state index >= 15 is 0 Å². The van der Waals surface area contributed by atoms with Crippen LogP contribution in [-0.4, -0.2) is 25.0 Å². The number of carbonyl (C=O) groups excluding carboxylic acids is 2. The number of fused-ring (bicyclic) bond motifs is 1. The van der Waals surface area contributed by atoms with Crippen LogP contribution in [-0.2, 0) is 9.59 Å². The lowest BCUT2D eigenvalue weighted by atomic mass is 10.1. The number of benzene rings is 2. The van der Waals surface area contributed by atoms with Gasteiger partial charge in [-0.3, -0.25) is 9.59 Å². The summed E-state index contributed by atoms with van der Waals surface area (Å²) in [6.07, 6.45) is 0. The molecular weight excluding hydrogens is 384 g/mol. The maximum atomic E-state index is 12.2. The van der Waals surface area contributed by atoms with Gasteiger partial charge in [-0.15, -0.1) is 0 Å². The number of ether oxygens (including phenoxy) is 1. The Morgan fingerprint density at radius 2 is 1.63 bits per heavy atom. The van der Waals surface area contributed by atoms with Crippen LogP contribution in [0.1, 0.15) is 22.3 Å². The van der Waals surface area contributed by atoms with Gasteiger partial charge in [0.2, 0.25) is 5.91 Å². The third-order valence-corrected chi connectivity index (χ3v) is 4.68. The highest BCUT2D eigenvalue weighted by molar-refractivity contribution is 5.96. The number of anilines is 1. The second kappa shape index (κ2) is 8.82. The Morgan fingerprint density at radius 1 is 0.933 bits per heavy atom. The zero-order chi connectivity index (χ0) is 21.8. The number of rotatable bonds is 6. The first-order valence-electron chi connectivity index (χ1n) is 9.54. The quantitative estimate of drug-likeness (QED) is 0.611. The van der Waals surface area contributed by atoms with Crippen molar-refractivity contribution in [3.63, 3.8) is 0 Å². The number of hydrogen-bond donors (Lipinski definition) is 2. The molecule has 0 atom stereocenters. The summed E-state index contributed by atoms with van der Waals surface area (Å²) in [6.45, 7) is 7.23. The summed E-state index contributed by atoms with van der Waals surface area (Å²) in [5, 5.41) is 6.15. The second-order valence-electron chi connectivity index (χ2n) is 7.29. The van der Waals surface area contributed by atoms with E-state index in [0.717, 1.165) is 33.3 Å². The molecule has 7 nitrogen and oxygen atoms in total. The Kier molecular flexibility index (Phi) is 6.20. The maximum Gasteiger partial charge on any atom is 0.336 e. The van der Waals surface area contributed by atoms with Gasteiger partial charge in [0.05, 0.1) is 6.54 Å². The zero-order valence-electron chi connectivity index (χ0n) is 17.4. The van der Waals surface area contributed by atoms with Crippen molar-refractivity contribution in [2.45, 2.75) is 27.7 Å². The van der Waals surface area contributed by atoms with Crippen molar-refractivity contribution in [2.24, 2.45) is 0 Å². The van der Waals surface area contributed by atoms with Crippen LogP contribution in [0.5, 0.6) is 5.75 Å². The zero-order valence-corrected chi connectivity index (χ0v) is 17.4. The summed E-state index contributed by atoms with van der Waals surface area (Å²) < 4.78 is 10.6. The topological polar surface area (TPSA) is 97.6 Å².